The Bertz CT molecular complexity index is 2180. The molecule has 27 heteroatoms. The number of benzene rings is 1. The molecular formula is C41H63ClN14O12. The summed E-state index contributed by atoms with van der Waals surface area (Å²) in [6.07, 6.45) is -4.83. The van der Waals surface area contributed by atoms with Crippen molar-refractivity contribution in [3.05, 3.63) is 46.8 Å². The van der Waals surface area contributed by atoms with Crippen molar-refractivity contribution < 1.29 is 58.1 Å². The van der Waals surface area contributed by atoms with E-state index >= 15 is 0 Å². The van der Waals surface area contributed by atoms with Gasteiger partial charge in [0.15, 0.2) is 11.7 Å². The first-order valence-electron chi connectivity index (χ1n) is 21.6. The number of amides is 8. The van der Waals surface area contributed by atoms with Crippen LogP contribution in [0.15, 0.2) is 45.4 Å². The lowest BCUT2D eigenvalue weighted by Gasteiger charge is -2.30. The Morgan fingerprint density at radius 1 is 0.838 bits per heavy atom. The fraction of sp³-hybridized carbons (Fsp3) is 0.537. The van der Waals surface area contributed by atoms with Gasteiger partial charge in [-0.2, -0.15) is 0 Å². The number of rotatable bonds is 14. The van der Waals surface area contributed by atoms with E-state index in [9.17, 15) is 53.7 Å². The van der Waals surface area contributed by atoms with E-state index in [4.69, 9.17) is 44.7 Å². The molecule has 1 aliphatic rings. The number of hydrogen-bond acceptors (Lipinski definition) is 16. The first-order valence-corrected chi connectivity index (χ1v) is 22.0. The molecule has 26 nitrogen and oxygen atoms in total. The molecule has 0 radical (unpaired) electrons. The van der Waals surface area contributed by atoms with E-state index < -0.39 is 127 Å². The number of fused-ring (bicyclic) bond motifs is 1. The van der Waals surface area contributed by atoms with Crippen LogP contribution >= 0.6 is 11.6 Å². The number of β-amino-alcohol motifs (C(OH)–C–C–N with tert-alkyl or cyclic N) is 1. The average Bonchev–Trinajstić information content (AvgIpc) is 3.72. The highest BCUT2D eigenvalue weighted by Gasteiger charge is 2.38. The van der Waals surface area contributed by atoms with E-state index in [0.29, 0.717) is 10.4 Å². The summed E-state index contributed by atoms with van der Waals surface area (Å²) in [4.78, 5) is 115. The molecule has 21 N–H and O–H groups in total. The number of nitrogens with one attached hydrogen (secondary N) is 8. The summed E-state index contributed by atoms with van der Waals surface area (Å²) in [5.74, 6) is -9.44. The zero-order chi connectivity index (χ0) is 50.8. The van der Waals surface area contributed by atoms with Crippen molar-refractivity contribution in [2.75, 3.05) is 32.7 Å². The predicted molar refractivity (Wildman–Crippen MR) is 246 cm³/mol. The van der Waals surface area contributed by atoms with Crippen LogP contribution in [0.3, 0.4) is 0 Å². The molecule has 376 valence electrons. The van der Waals surface area contributed by atoms with Crippen molar-refractivity contribution in [2.24, 2.45) is 39.6 Å². The molecule has 6 unspecified atom stereocenters. The summed E-state index contributed by atoms with van der Waals surface area (Å²) in [5, 5.41) is 52.9. The number of guanidine groups is 1. The Labute approximate surface area is 395 Å². The first-order chi connectivity index (χ1) is 32.1. The Balaban J connectivity index is 2.15. The van der Waals surface area contributed by atoms with Crippen LogP contribution in [-0.4, -0.2) is 156 Å². The highest BCUT2D eigenvalue weighted by atomic mass is 35.5. The molecule has 1 aromatic carbocycles. The second kappa shape index (κ2) is 26.8. The zero-order valence-corrected chi connectivity index (χ0v) is 38.5. The van der Waals surface area contributed by atoms with Gasteiger partial charge in [-0.05, 0) is 69.3 Å². The third kappa shape index (κ3) is 16.4. The van der Waals surface area contributed by atoms with Crippen LogP contribution in [0.1, 0.15) is 57.0 Å². The SMILES string of the molecule is C/C=C1\NC(=O)C(NC(=O)c2cc3cc(Cl)ccc3o2)C(O)CNC(=O)C(C(O)CN)NC(=O)C(C(O)CN)NC(=O)[C@H](CCCN=C(N)N)NC(=O)[C@H](CC(C)C)NC(=O)[C@H](CCN)NC1=O. The van der Waals surface area contributed by atoms with Crippen LogP contribution in [0.4, 0.5) is 0 Å². The van der Waals surface area contributed by atoms with E-state index in [-0.39, 0.29) is 62.0 Å². The summed E-state index contributed by atoms with van der Waals surface area (Å²) >= 11 is 6.08. The number of carbonyl (C=O) groups is 8. The molecule has 2 aromatic rings. The molecule has 0 aliphatic carbocycles. The van der Waals surface area contributed by atoms with Crippen LogP contribution < -0.4 is 71.2 Å². The van der Waals surface area contributed by atoms with Gasteiger partial charge in [0.25, 0.3) is 11.8 Å². The molecule has 2 heterocycles. The predicted octanol–water partition coefficient (Wildman–Crippen LogP) is -5.79. The molecule has 1 aliphatic heterocycles. The van der Waals surface area contributed by atoms with Gasteiger partial charge < -0.3 is 90.9 Å². The highest BCUT2D eigenvalue weighted by molar-refractivity contribution is 6.31. The number of nitrogens with two attached hydrogens (primary N) is 5. The number of halogens is 1. The van der Waals surface area contributed by atoms with Crippen LogP contribution in [0.5, 0.6) is 0 Å². The summed E-state index contributed by atoms with van der Waals surface area (Å²) in [6, 6.07) is -4.36. The van der Waals surface area contributed by atoms with E-state index in [1.54, 1.807) is 13.8 Å². The Morgan fingerprint density at radius 3 is 2.03 bits per heavy atom. The number of hydrogen-bond donors (Lipinski definition) is 16. The number of aliphatic hydroxyl groups is 3. The van der Waals surface area contributed by atoms with Gasteiger partial charge in [0, 0.05) is 36.6 Å². The number of carbonyl (C=O) groups excluding carboxylic acids is 8. The summed E-state index contributed by atoms with van der Waals surface area (Å²) in [7, 11) is 0. The fourth-order valence-electron chi connectivity index (χ4n) is 6.71. The lowest BCUT2D eigenvalue weighted by atomic mass is 10.0. The van der Waals surface area contributed by atoms with Crippen LogP contribution in [0, 0.1) is 5.92 Å². The van der Waals surface area contributed by atoms with Gasteiger partial charge >= 0.3 is 0 Å². The van der Waals surface area contributed by atoms with Crippen molar-refractivity contribution in [1.29, 1.82) is 0 Å². The molecule has 0 saturated carbocycles. The van der Waals surface area contributed by atoms with Crippen molar-refractivity contribution in [2.45, 2.75) is 101 Å². The van der Waals surface area contributed by atoms with E-state index in [1.165, 1.54) is 31.2 Å². The second-order valence-electron chi connectivity index (χ2n) is 16.1. The molecule has 1 saturated heterocycles. The number of nitrogens with zero attached hydrogens (tertiary/aromatic N) is 1. The largest absolute Gasteiger partial charge is 0.451 e. The van der Waals surface area contributed by atoms with Crippen LogP contribution in [-0.2, 0) is 33.6 Å². The molecule has 3 rings (SSSR count). The summed E-state index contributed by atoms with van der Waals surface area (Å²) in [5.41, 5.74) is 27.8. The molecular weight excluding hydrogens is 916 g/mol. The Kier molecular flexibility index (Phi) is 22.0. The van der Waals surface area contributed by atoms with Gasteiger partial charge in [-0.3, -0.25) is 43.3 Å². The molecule has 68 heavy (non-hydrogen) atoms. The average molecular weight is 979 g/mol. The third-order valence-corrected chi connectivity index (χ3v) is 10.6. The van der Waals surface area contributed by atoms with Gasteiger partial charge in [-0.25, -0.2) is 0 Å². The van der Waals surface area contributed by atoms with Gasteiger partial charge in [-0.1, -0.05) is 31.5 Å². The smallest absolute Gasteiger partial charge is 0.287 e. The maximum atomic E-state index is 14.0. The van der Waals surface area contributed by atoms with Gasteiger partial charge in [-0.15, -0.1) is 0 Å². The van der Waals surface area contributed by atoms with E-state index in [1.807, 2.05) is 0 Å². The normalized spacial score (nSPS) is 24.7. The van der Waals surface area contributed by atoms with Gasteiger partial charge in [0.05, 0.1) is 12.2 Å². The molecule has 9 atom stereocenters. The van der Waals surface area contributed by atoms with Crippen LogP contribution in [0.2, 0.25) is 5.02 Å². The van der Waals surface area contributed by atoms with E-state index in [0.717, 1.165) is 6.08 Å². The topological polar surface area (TPSA) is 449 Å². The second-order valence-corrected chi connectivity index (χ2v) is 16.6. The maximum Gasteiger partial charge on any atom is 0.287 e. The molecule has 0 bridgehead atoms. The van der Waals surface area contributed by atoms with Crippen molar-refractivity contribution in [3.8, 4) is 0 Å². The Morgan fingerprint density at radius 2 is 1.43 bits per heavy atom. The van der Waals surface area contributed by atoms with Crippen LogP contribution in [0.25, 0.3) is 11.0 Å². The monoisotopic (exact) mass is 978 g/mol. The minimum Gasteiger partial charge on any atom is -0.451 e. The quantitative estimate of drug-likeness (QED) is 0.0363. The minimum atomic E-state index is -2.04. The number of aliphatic imine (C=N–C) groups is 1. The molecule has 0 spiro atoms. The lowest BCUT2D eigenvalue weighted by molar-refractivity contribution is -0.137. The van der Waals surface area contributed by atoms with E-state index in [2.05, 4.69) is 47.5 Å². The first kappa shape index (κ1) is 55.9. The fourth-order valence-corrected chi connectivity index (χ4v) is 6.89. The summed E-state index contributed by atoms with van der Waals surface area (Å²) < 4.78 is 5.60. The molecule has 1 aromatic heterocycles. The molecule has 8 amide bonds. The van der Waals surface area contributed by atoms with Crippen molar-refractivity contribution in [1.82, 2.24) is 42.5 Å². The number of furan rings is 1. The van der Waals surface area contributed by atoms with Gasteiger partial charge in [0.1, 0.15) is 53.6 Å². The van der Waals surface area contributed by atoms with Crippen molar-refractivity contribution in [3.63, 3.8) is 0 Å². The lowest BCUT2D eigenvalue weighted by Crippen LogP contribution is -2.64. The summed E-state index contributed by atoms with van der Waals surface area (Å²) in [6.45, 7) is 2.54. The third-order valence-electron chi connectivity index (χ3n) is 10.3. The zero-order valence-electron chi connectivity index (χ0n) is 37.8. The standard InChI is InChI=1S/C41H63ClN14O12/c1-4-21-33(60)52-23(9-10-43)34(61)53-24(12-18(2)3)36(63)51-22(6-5-11-48-41(46)47)35(62)54-31(26(58)16-45)40(67)56-30(25(57)15-44)38(65)49-17-27(59)32(39(66)50-21)55-37(64)29-14-19-13-20(42)7-8-28(19)68-29/h4,7-8,13-14,18,22-27,30-32,57-59H,5-6,9-12,15-17,43-45H2,1-3H3,(H,49,65)(H,50,66)(H,51,63)(H,52,60)(H,53,61)(H,54,62)(H,55,64)(H,56,67)(H4,46,47,48)/b21-4-/t22-,23-,24-,25?,26?,27?,30?,31?,32?/m0/s1. The maximum absolute atomic E-state index is 14.0. The number of allylic oxidation sites excluding steroid dienone is 1. The van der Waals surface area contributed by atoms with Crippen molar-refractivity contribution >= 4 is 75.8 Å². The minimum absolute atomic E-state index is 0.000424. The molecule has 1 fully saturated rings. The van der Waals surface area contributed by atoms with Gasteiger partial charge in [0.2, 0.25) is 35.4 Å². The number of aliphatic hydroxyl groups excluding tert-OH is 3. The Hall–Kier alpha value is -6.42. The highest BCUT2D eigenvalue weighted by Crippen LogP contribution is 2.23.